The summed E-state index contributed by atoms with van der Waals surface area (Å²) >= 11 is 1.60. The maximum absolute atomic E-state index is 12.3. The number of hydrogen-bond donors (Lipinski definition) is 1. The second-order valence-corrected chi connectivity index (χ2v) is 7.35. The molecule has 8 heteroatoms. The van der Waals surface area contributed by atoms with Crippen LogP contribution in [0, 0.1) is 5.92 Å². The molecule has 2 aromatic heterocycles. The van der Waals surface area contributed by atoms with Crippen LogP contribution in [0.3, 0.4) is 0 Å². The normalized spacial score (nSPS) is 17.5. The Hall–Kier alpha value is -1.77. The van der Waals surface area contributed by atoms with Gasteiger partial charge in [-0.3, -0.25) is 9.69 Å². The highest BCUT2D eigenvalue weighted by Crippen LogP contribution is 2.23. The largest absolute Gasteiger partial charge is 0.383 e. The van der Waals surface area contributed by atoms with Crippen molar-refractivity contribution >= 4 is 17.2 Å². The number of rotatable bonds is 7. The Morgan fingerprint density at radius 2 is 2.32 bits per heavy atom. The average molecular weight is 364 g/mol. The van der Waals surface area contributed by atoms with Gasteiger partial charge in [0.15, 0.2) is 0 Å². The van der Waals surface area contributed by atoms with Crippen molar-refractivity contribution < 1.29 is 14.1 Å². The lowest BCUT2D eigenvalue weighted by Gasteiger charge is -2.30. The van der Waals surface area contributed by atoms with Crippen molar-refractivity contribution in [3.8, 4) is 10.7 Å². The van der Waals surface area contributed by atoms with Crippen molar-refractivity contribution in [1.82, 2.24) is 20.4 Å². The molecule has 0 aromatic carbocycles. The van der Waals surface area contributed by atoms with E-state index < -0.39 is 0 Å². The van der Waals surface area contributed by atoms with Gasteiger partial charge in [0.2, 0.25) is 17.6 Å². The summed E-state index contributed by atoms with van der Waals surface area (Å²) in [4.78, 5) is 20.0. The van der Waals surface area contributed by atoms with Crippen LogP contribution in [-0.4, -0.2) is 53.8 Å². The molecule has 1 aliphatic heterocycles. The van der Waals surface area contributed by atoms with Crippen molar-refractivity contribution in [3.63, 3.8) is 0 Å². The third-order valence-corrected chi connectivity index (χ3v) is 5.20. The van der Waals surface area contributed by atoms with Gasteiger partial charge in [0.05, 0.1) is 18.0 Å². The van der Waals surface area contributed by atoms with Crippen LogP contribution < -0.4 is 5.32 Å². The van der Waals surface area contributed by atoms with Gasteiger partial charge >= 0.3 is 0 Å². The van der Waals surface area contributed by atoms with Gasteiger partial charge in [0, 0.05) is 19.1 Å². The van der Waals surface area contributed by atoms with Crippen LogP contribution in [0.1, 0.15) is 25.7 Å². The molecule has 7 nitrogen and oxygen atoms in total. The zero-order valence-electron chi connectivity index (χ0n) is 14.6. The van der Waals surface area contributed by atoms with E-state index in [4.69, 9.17) is 9.26 Å². The van der Waals surface area contributed by atoms with E-state index in [0.717, 1.165) is 30.8 Å². The summed E-state index contributed by atoms with van der Waals surface area (Å²) in [5.41, 5.74) is 0. The van der Waals surface area contributed by atoms with Crippen molar-refractivity contribution in [2.45, 2.75) is 32.4 Å². The van der Waals surface area contributed by atoms with Gasteiger partial charge in [-0.1, -0.05) is 11.2 Å². The highest BCUT2D eigenvalue weighted by atomic mass is 32.1. The number of carbonyl (C=O) groups is 1. The first kappa shape index (κ1) is 18.0. The number of ether oxygens (including phenoxy) is 1. The molecule has 3 heterocycles. The minimum atomic E-state index is 0.0459. The molecule has 1 fully saturated rings. The van der Waals surface area contributed by atoms with E-state index in [9.17, 15) is 4.79 Å². The molecular weight excluding hydrogens is 340 g/mol. The van der Waals surface area contributed by atoms with Gasteiger partial charge in [-0.25, -0.2) is 0 Å². The first-order valence-corrected chi connectivity index (χ1v) is 9.42. The standard InChI is InChI=1S/C17H24N4O3S/c1-12(11-23-2)18-17(22)13-5-7-21(8-6-13)10-15-19-16(20-24-15)14-4-3-9-25-14/h3-4,9,12-13H,5-8,10-11H2,1-2H3,(H,18,22). The Bertz CT molecular complexity index is 665. The molecule has 0 radical (unpaired) electrons. The lowest BCUT2D eigenvalue weighted by atomic mass is 9.95. The number of methoxy groups -OCH3 is 1. The summed E-state index contributed by atoms with van der Waals surface area (Å²) in [5, 5.41) is 9.05. The van der Waals surface area contributed by atoms with Crippen LogP contribution in [0.2, 0.25) is 0 Å². The first-order valence-electron chi connectivity index (χ1n) is 8.54. The summed E-state index contributed by atoms with van der Waals surface area (Å²) in [6.45, 7) is 4.83. The van der Waals surface area contributed by atoms with Crippen LogP contribution in [0.15, 0.2) is 22.0 Å². The Labute approximate surface area is 151 Å². The third kappa shape index (κ3) is 4.87. The molecular formula is C17H24N4O3S. The minimum Gasteiger partial charge on any atom is -0.383 e. The zero-order valence-corrected chi connectivity index (χ0v) is 15.4. The Kier molecular flexibility index (Phi) is 6.17. The summed E-state index contributed by atoms with van der Waals surface area (Å²) < 4.78 is 10.4. The zero-order chi connectivity index (χ0) is 17.6. The Morgan fingerprint density at radius 3 is 3.00 bits per heavy atom. The predicted molar refractivity (Wildman–Crippen MR) is 95.1 cm³/mol. The third-order valence-electron chi connectivity index (χ3n) is 4.33. The van der Waals surface area contributed by atoms with E-state index in [-0.39, 0.29) is 17.9 Å². The second kappa shape index (κ2) is 8.55. The van der Waals surface area contributed by atoms with Crippen molar-refractivity contribution in [2.75, 3.05) is 26.8 Å². The molecule has 136 valence electrons. The summed E-state index contributed by atoms with van der Waals surface area (Å²) in [6.07, 6.45) is 1.69. The predicted octanol–water partition coefficient (Wildman–Crippen LogP) is 2.16. The number of aromatic nitrogens is 2. The maximum Gasteiger partial charge on any atom is 0.241 e. The molecule has 1 N–H and O–H groups in total. The van der Waals surface area contributed by atoms with E-state index in [0.29, 0.717) is 24.9 Å². The molecule has 1 atom stereocenters. The molecule has 0 spiro atoms. The molecule has 1 aliphatic rings. The number of piperidine rings is 1. The minimum absolute atomic E-state index is 0.0459. The average Bonchev–Trinajstić information content (AvgIpc) is 3.27. The van der Waals surface area contributed by atoms with E-state index >= 15 is 0 Å². The van der Waals surface area contributed by atoms with E-state index in [1.165, 1.54) is 0 Å². The van der Waals surface area contributed by atoms with Crippen molar-refractivity contribution in [1.29, 1.82) is 0 Å². The van der Waals surface area contributed by atoms with Crippen LogP contribution in [0.25, 0.3) is 10.7 Å². The number of thiophene rings is 1. The second-order valence-electron chi connectivity index (χ2n) is 6.40. The number of amides is 1. The molecule has 1 saturated heterocycles. The quantitative estimate of drug-likeness (QED) is 0.811. The van der Waals surface area contributed by atoms with Gasteiger partial charge in [-0.2, -0.15) is 4.98 Å². The number of nitrogens with one attached hydrogen (secondary N) is 1. The van der Waals surface area contributed by atoms with Gasteiger partial charge in [0.25, 0.3) is 0 Å². The molecule has 1 amide bonds. The Morgan fingerprint density at radius 1 is 1.52 bits per heavy atom. The smallest absolute Gasteiger partial charge is 0.241 e. The Balaban J connectivity index is 1.46. The van der Waals surface area contributed by atoms with Crippen LogP contribution in [-0.2, 0) is 16.1 Å². The molecule has 0 aliphatic carbocycles. The fourth-order valence-corrected chi connectivity index (χ4v) is 3.67. The number of hydrogen-bond acceptors (Lipinski definition) is 7. The summed E-state index contributed by atoms with van der Waals surface area (Å²) in [7, 11) is 1.64. The van der Waals surface area contributed by atoms with Crippen LogP contribution in [0.5, 0.6) is 0 Å². The lowest BCUT2D eigenvalue weighted by Crippen LogP contribution is -2.44. The van der Waals surface area contributed by atoms with Crippen molar-refractivity contribution in [3.05, 3.63) is 23.4 Å². The number of nitrogens with zero attached hydrogens (tertiary/aromatic N) is 3. The van der Waals surface area contributed by atoms with E-state index in [1.54, 1.807) is 18.4 Å². The monoisotopic (exact) mass is 364 g/mol. The first-order chi connectivity index (χ1) is 12.2. The summed E-state index contributed by atoms with van der Waals surface area (Å²) in [6, 6.07) is 4.00. The summed E-state index contributed by atoms with van der Waals surface area (Å²) in [5.74, 6) is 1.47. The van der Waals surface area contributed by atoms with Gasteiger partial charge in [-0.15, -0.1) is 11.3 Å². The molecule has 0 bridgehead atoms. The van der Waals surface area contributed by atoms with Crippen LogP contribution >= 0.6 is 11.3 Å². The fraction of sp³-hybridized carbons (Fsp3) is 0.588. The fourth-order valence-electron chi connectivity index (χ4n) is 3.02. The highest BCUT2D eigenvalue weighted by molar-refractivity contribution is 7.13. The number of carbonyl (C=O) groups excluding carboxylic acids is 1. The van der Waals surface area contributed by atoms with Gasteiger partial charge in [0.1, 0.15) is 0 Å². The van der Waals surface area contributed by atoms with Gasteiger partial charge in [-0.05, 0) is 44.3 Å². The lowest BCUT2D eigenvalue weighted by molar-refractivity contribution is -0.127. The molecule has 3 rings (SSSR count). The molecule has 2 aromatic rings. The highest BCUT2D eigenvalue weighted by Gasteiger charge is 2.26. The SMILES string of the molecule is COCC(C)NC(=O)C1CCN(Cc2nc(-c3cccs3)no2)CC1. The number of likely N-dealkylation sites (tertiary alicyclic amines) is 1. The van der Waals surface area contributed by atoms with Crippen molar-refractivity contribution in [2.24, 2.45) is 5.92 Å². The molecule has 0 saturated carbocycles. The van der Waals surface area contributed by atoms with Crippen LogP contribution in [0.4, 0.5) is 0 Å². The topological polar surface area (TPSA) is 80.5 Å². The van der Waals surface area contributed by atoms with E-state index in [1.807, 2.05) is 24.4 Å². The molecule has 25 heavy (non-hydrogen) atoms. The van der Waals surface area contributed by atoms with Gasteiger partial charge < -0.3 is 14.6 Å². The molecule has 1 unspecified atom stereocenters. The van der Waals surface area contributed by atoms with E-state index in [2.05, 4.69) is 20.4 Å². The maximum atomic E-state index is 12.3.